The summed E-state index contributed by atoms with van der Waals surface area (Å²) < 4.78 is 17.1. The molecule has 0 aromatic carbocycles. The van der Waals surface area contributed by atoms with Gasteiger partial charge in [-0.05, 0) is 0 Å². The number of thiophene rings is 1. The van der Waals surface area contributed by atoms with E-state index in [-0.39, 0.29) is 11.3 Å². The normalized spacial score (nSPS) is 19.0. The number of carbonyl (C=O) groups excluding carboxylic acids is 1. The number of anilines is 1. The predicted molar refractivity (Wildman–Crippen MR) is 90.1 cm³/mol. The fraction of sp³-hybridized carbons (Fsp3) is 0.500. The molecule has 2 aromatic heterocycles. The first-order valence-corrected chi connectivity index (χ1v) is 8.87. The summed E-state index contributed by atoms with van der Waals surface area (Å²) in [7, 11) is 0. The molecule has 0 spiro atoms. The summed E-state index contributed by atoms with van der Waals surface area (Å²) >= 11 is 1.26. The maximum Gasteiger partial charge on any atom is 0.258 e. The molecule has 1 amide bonds. The van der Waals surface area contributed by atoms with Crippen molar-refractivity contribution in [3.63, 3.8) is 0 Å². The van der Waals surface area contributed by atoms with E-state index in [2.05, 4.69) is 0 Å². The van der Waals surface area contributed by atoms with E-state index in [1.807, 2.05) is 4.90 Å². The fourth-order valence-electron chi connectivity index (χ4n) is 2.95. The Labute approximate surface area is 142 Å². The van der Waals surface area contributed by atoms with Crippen LogP contribution in [0, 0.1) is 0 Å². The zero-order chi connectivity index (χ0) is 16.5. The van der Waals surface area contributed by atoms with E-state index >= 15 is 0 Å². The molecule has 0 radical (unpaired) electrons. The highest BCUT2D eigenvalue weighted by Crippen LogP contribution is 2.28. The van der Waals surface area contributed by atoms with Gasteiger partial charge >= 0.3 is 0 Å². The van der Waals surface area contributed by atoms with Crippen LogP contribution in [0.25, 0.3) is 10.3 Å². The molecule has 0 unspecified atom stereocenters. The summed E-state index contributed by atoms with van der Waals surface area (Å²) in [5, 5.41) is 1.72. The van der Waals surface area contributed by atoms with Crippen LogP contribution in [-0.4, -0.2) is 63.4 Å². The van der Waals surface area contributed by atoms with Crippen molar-refractivity contribution in [1.29, 1.82) is 0 Å². The van der Waals surface area contributed by atoms with Crippen molar-refractivity contribution in [2.45, 2.75) is 0 Å². The summed E-state index contributed by atoms with van der Waals surface area (Å²) in [6.07, 6.45) is 0. The summed E-state index contributed by atoms with van der Waals surface area (Å²) in [6, 6.07) is 1.51. The summed E-state index contributed by atoms with van der Waals surface area (Å²) in [6.45, 7) is 4.74. The zero-order valence-corrected chi connectivity index (χ0v) is 14.0. The van der Waals surface area contributed by atoms with Crippen molar-refractivity contribution >= 4 is 33.4 Å². The van der Waals surface area contributed by atoms with Crippen molar-refractivity contribution in [3.8, 4) is 0 Å². The number of amides is 1. The Kier molecular flexibility index (Phi) is 4.26. The van der Waals surface area contributed by atoms with Gasteiger partial charge in [-0.25, -0.2) is 0 Å². The Bertz CT molecular complexity index is 802. The molecular weight excluding hydrogens is 332 g/mol. The minimum atomic E-state index is -0.108. The van der Waals surface area contributed by atoms with Gasteiger partial charge in [0.15, 0.2) is 11.5 Å². The molecule has 0 bridgehead atoms. The maximum atomic E-state index is 12.8. The van der Waals surface area contributed by atoms with Crippen molar-refractivity contribution in [1.82, 2.24) is 4.90 Å². The predicted octanol–water partition coefficient (Wildman–Crippen LogP) is 1.16. The van der Waals surface area contributed by atoms with Crippen molar-refractivity contribution in [2.24, 2.45) is 0 Å². The minimum Gasteiger partial charge on any atom is -0.439 e. The summed E-state index contributed by atoms with van der Waals surface area (Å²) in [5.74, 6) is 0.400. The van der Waals surface area contributed by atoms with Gasteiger partial charge in [-0.2, -0.15) is 0 Å². The number of carbonyl (C=O) groups is 1. The third-order valence-corrected chi connectivity index (χ3v) is 5.26. The molecule has 2 aliphatic rings. The Hall–Kier alpha value is -1.90. The van der Waals surface area contributed by atoms with E-state index in [4.69, 9.17) is 13.9 Å². The van der Waals surface area contributed by atoms with Crippen molar-refractivity contribution < 1.29 is 18.7 Å². The minimum absolute atomic E-state index is 0.105. The number of ether oxygens (including phenoxy) is 2. The SMILES string of the molecule is O=C(c1csc2c(=O)cc(N3CCOCC3)oc12)N1CCOCC1. The molecular formula is C16H18N2O5S. The van der Waals surface area contributed by atoms with E-state index in [0.717, 1.165) is 0 Å². The molecule has 0 aliphatic carbocycles. The van der Waals surface area contributed by atoms with E-state index in [1.165, 1.54) is 17.4 Å². The molecule has 7 nitrogen and oxygen atoms in total. The Morgan fingerprint density at radius 1 is 1.04 bits per heavy atom. The Morgan fingerprint density at radius 2 is 1.71 bits per heavy atom. The lowest BCUT2D eigenvalue weighted by molar-refractivity contribution is 0.0304. The molecule has 128 valence electrons. The Balaban J connectivity index is 1.72. The van der Waals surface area contributed by atoms with E-state index in [9.17, 15) is 9.59 Å². The van der Waals surface area contributed by atoms with Crippen LogP contribution >= 0.6 is 11.3 Å². The molecule has 2 aromatic rings. The van der Waals surface area contributed by atoms with Crippen molar-refractivity contribution in [2.75, 3.05) is 57.5 Å². The van der Waals surface area contributed by atoms with Crippen molar-refractivity contribution in [3.05, 3.63) is 27.2 Å². The molecule has 8 heteroatoms. The van der Waals surface area contributed by atoms with Crippen LogP contribution in [0.5, 0.6) is 0 Å². The highest BCUT2D eigenvalue weighted by molar-refractivity contribution is 7.17. The quantitative estimate of drug-likeness (QED) is 0.809. The first-order chi connectivity index (χ1) is 11.7. The molecule has 4 heterocycles. The number of rotatable bonds is 2. The van der Waals surface area contributed by atoms with Crippen LogP contribution in [-0.2, 0) is 9.47 Å². The first-order valence-electron chi connectivity index (χ1n) is 7.99. The van der Waals surface area contributed by atoms with Crippen LogP contribution in [0.2, 0.25) is 0 Å². The van der Waals surface area contributed by atoms with Gasteiger partial charge in [0, 0.05) is 37.6 Å². The molecule has 2 saturated heterocycles. The molecule has 0 saturated carbocycles. The summed E-state index contributed by atoms with van der Waals surface area (Å²) in [4.78, 5) is 28.9. The van der Waals surface area contributed by atoms with Crippen LogP contribution in [0.15, 0.2) is 20.7 Å². The van der Waals surface area contributed by atoms with Crippen LogP contribution in [0.1, 0.15) is 10.4 Å². The van der Waals surface area contributed by atoms with Gasteiger partial charge in [-0.1, -0.05) is 0 Å². The maximum absolute atomic E-state index is 12.8. The summed E-state index contributed by atoms with van der Waals surface area (Å²) in [5.41, 5.74) is 0.748. The van der Waals surface area contributed by atoms with Crippen LogP contribution in [0.3, 0.4) is 0 Å². The lowest BCUT2D eigenvalue weighted by Crippen LogP contribution is -2.40. The average Bonchev–Trinajstić information content (AvgIpc) is 3.07. The molecule has 2 fully saturated rings. The smallest absolute Gasteiger partial charge is 0.258 e. The molecule has 4 rings (SSSR count). The van der Waals surface area contributed by atoms with Crippen LogP contribution in [0.4, 0.5) is 5.88 Å². The number of fused-ring (bicyclic) bond motifs is 1. The van der Waals surface area contributed by atoms with Crippen LogP contribution < -0.4 is 10.3 Å². The highest BCUT2D eigenvalue weighted by Gasteiger charge is 2.25. The zero-order valence-electron chi connectivity index (χ0n) is 13.2. The number of hydrogen-bond donors (Lipinski definition) is 0. The lowest BCUT2D eigenvalue weighted by atomic mass is 10.2. The number of hydrogen-bond acceptors (Lipinski definition) is 7. The van der Waals surface area contributed by atoms with Gasteiger partial charge in [-0.15, -0.1) is 11.3 Å². The first kappa shape index (κ1) is 15.6. The monoisotopic (exact) mass is 350 g/mol. The lowest BCUT2D eigenvalue weighted by Gasteiger charge is -2.27. The average molecular weight is 350 g/mol. The number of morpholine rings is 2. The molecule has 0 N–H and O–H groups in total. The fourth-order valence-corrected chi connectivity index (χ4v) is 3.83. The number of nitrogens with zero attached hydrogens (tertiary/aromatic N) is 2. The molecule has 2 aliphatic heterocycles. The second kappa shape index (κ2) is 6.54. The molecule has 0 atom stereocenters. The van der Waals surface area contributed by atoms with Gasteiger partial charge in [-0.3, -0.25) is 9.59 Å². The third-order valence-electron chi connectivity index (χ3n) is 4.28. The standard InChI is InChI=1S/C16H18N2O5S/c19-12-9-13(17-1-5-21-6-2-17)23-14-11(10-24-15(12)14)16(20)18-3-7-22-8-4-18/h9-10H,1-8H2. The highest BCUT2D eigenvalue weighted by atomic mass is 32.1. The molecule has 24 heavy (non-hydrogen) atoms. The van der Waals surface area contributed by atoms with E-state index < -0.39 is 0 Å². The van der Waals surface area contributed by atoms with Gasteiger partial charge in [0.1, 0.15) is 4.70 Å². The topological polar surface area (TPSA) is 72.2 Å². The second-order valence-corrected chi connectivity index (χ2v) is 6.64. The largest absolute Gasteiger partial charge is 0.439 e. The second-order valence-electron chi connectivity index (χ2n) is 5.76. The van der Waals surface area contributed by atoms with Gasteiger partial charge < -0.3 is 23.7 Å². The Morgan fingerprint density at radius 3 is 2.42 bits per heavy atom. The van der Waals surface area contributed by atoms with Gasteiger partial charge in [0.05, 0.1) is 32.0 Å². The van der Waals surface area contributed by atoms with Gasteiger partial charge in [0.2, 0.25) is 5.43 Å². The third kappa shape index (κ3) is 2.81. The van der Waals surface area contributed by atoms with E-state index in [0.29, 0.717) is 74.3 Å². The van der Waals surface area contributed by atoms with Gasteiger partial charge in [0.25, 0.3) is 5.91 Å². The van der Waals surface area contributed by atoms with E-state index in [1.54, 1.807) is 10.3 Å².